The largest absolute Gasteiger partial charge is 0.462 e. The number of ether oxygens (including phenoxy) is 2. The molecule has 1 unspecified atom stereocenters. The molecule has 7 rings (SSSR count). The van der Waals surface area contributed by atoms with Crippen molar-refractivity contribution in [3.63, 3.8) is 0 Å². The maximum Gasteiger partial charge on any atom is 0.407 e. The highest BCUT2D eigenvalue weighted by Gasteiger charge is 2.44. The molecule has 4 heterocycles. The summed E-state index contributed by atoms with van der Waals surface area (Å²) in [5.41, 5.74) is 2.84. The summed E-state index contributed by atoms with van der Waals surface area (Å²) in [6.07, 6.45) is 5.01. The maximum absolute atomic E-state index is 12.7. The second-order valence-electron chi connectivity index (χ2n) is 14.3. The first kappa shape index (κ1) is 30.4. The van der Waals surface area contributed by atoms with Crippen LogP contribution in [-0.2, 0) is 17.7 Å². The number of halogens is 1. The zero-order chi connectivity index (χ0) is 31.3. The number of benzene rings is 2. The number of aromatic nitrogens is 2. The van der Waals surface area contributed by atoms with Crippen molar-refractivity contribution in [3.8, 4) is 6.01 Å². The van der Waals surface area contributed by atoms with Crippen molar-refractivity contribution in [3.05, 3.63) is 52.7 Å². The fourth-order valence-electron chi connectivity index (χ4n) is 7.90. The van der Waals surface area contributed by atoms with Crippen LogP contribution in [0.3, 0.4) is 0 Å². The number of nitrogens with one attached hydrogen (secondary N) is 1. The van der Waals surface area contributed by atoms with E-state index in [1.54, 1.807) is 0 Å². The fourth-order valence-corrected chi connectivity index (χ4v) is 8.17. The summed E-state index contributed by atoms with van der Waals surface area (Å²) >= 11 is 6.74. The van der Waals surface area contributed by atoms with Crippen LogP contribution in [0.25, 0.3) is 10.8 Å². The molecule has 4 atom stereocenters. The monoisotopic (exact) mass is 632 g/mol. The number of alkyl carbamates (subject to hydrolysis) is 1. The van der Waals surface area contributed by atoms with Gasteiger partial charge in [-0.15, -0.1) is 0 Å². The summed E-state index contributed by atoms with van der Waals surface area (Å²) in [5, 5.41) is 6.19. The van der Waals surface area contributed by atoms with Crippen molar-refractivity contribution in [1.29, 1.82) is 0 Å². The van der Waals surface area contributed by atoms with Crippen molar-refractivity contribution in [2.24, 2.45) is 11.8 Å². The molecule has 45 heavy (non-hydrogen) atoms. The molecular formula is C35H45ClN6O3. The van der Waals surface area contributed by atoms with Crippen LogP contribution < -0.4 is 19.9 Å². The molecule has 1 N–H and O–H groups in total. The van der Waals surface area contributed by atoms with Gasteiger partial charge < -0.3 is 29.5 Å². The number of nitrogens with zero attached hydrogens (tertiary/aromatic N) is 5. The number of anilines is 2. The minimum absolute atomic E-state index is 0.119. The van der Waals surface area contributed by atoms with Gasteiger partial charge in [0.2, 0.25) is 0 Å². The Bertz CT molecular complexity index is 1560. The quantitative estimate of drug-likeness (QED) is 0.351. The third-order valence-corrected chi connectivity index (χ3v) is 10.4. The predicted octanol–water partition coefficient (Wildman–Crippen LogP) is 6.06. The molecule has 2 bridgehead atoms. The lowest BCUT2D eigenvalue weighted by atomic mass is 9.91. The number of likely N-dealkylation sites (tertiary alicyclic amines) is 1. The van der Waals surface area contributed by atoms with Gasteiger partial charge >= 0.3 is 12.1 Å². The standard InChI is InChI=1S/C35H45ClN6O3/c1-35(2,3)45-34(43)38-31-23-13-14-24(31)19-42(18-23)32-26-15-17-41(29-12-6-9-22-8-5-11-27(36)30(22)29)20-28(26)37-33(39-32)44-21-25-10-7-16-40(25)4/h5-6,8-9,11-12,23-25,31H,7,10,13-21H2,1-4H3,(H,38,43)/t23-,24+,25-,31?/m0/s1. The lowest BCUT2D eigenvalue weighted by molar-refractivity contribution is 0.0472. The minimum Gasteiger partial charge on any atom is -0.462 e. The summed E-state index contributed by atoms with van der Waals surface area (Å²) in [7, 11) is 2.17. The zero-order valence-electron chi connectivity index (χ0n) is 26.9. The summed E-state index contributed by atoms with van der Waals surface area (Å²) in [6.45, 7) is 10.6. The van der Waals surface area contributed by atoms with Gasteiger partial charge in [0, 0.05) is 48.4 Å². The van der Waals surface area contributed by atoms with E-state index in [1.807, 2.05) is 32.9 Å². The number of carbonyl (C=O) groups is 1. The first-order valence-electron chi connectivity index (χ1n) is 16.5. The van der Waals surface area contributed by atoms with Crippen molar-refractivity contribution in [1.82, 2.24) is 20.2 Å². The molecule has 1 amide bonds. The first-order valence-corrected chi connectivity index (χ1v) is 16.9. The minimum atomic E-state index is -0.515. The highest BCUT2D eigenvalue weighted by atomic mass is 35.5. The van der Waals surface area contributed by atoms with Gasteiger partial charge in [0.05, 0.1) is 17.3 Å². The van der Waals surface area contributed by atoms with Gasteiger partial charge in [-0.2, -0.15) is 9.97 Å². The number of hydrogen-bond donors (Lipinski definition) is 1. The highest BCUT2D eigenvalue weighted by Crippen LogP contribution is 2.42. The average molecular weight is 633 g/mol. The van der Waals surface area contributed by atoms with E-state index in [4.69, 9.17) is 31.0 Å². The first-order chi connectivity index (χ1) is 21.6. The Kier molecular flexibility index (Phi) is 8.19. The molecule has 1 aromatic heterocycles. The summed E-state index contributed by atoms with van der Waals surface area (Å²) in [6, 6.07) is 13.4. The summed E-state index contributed by atoms with van der Waals surface area (Å²) in [4.78, 5) is 30.0. The maximum atomic E-state index is 12.7. The zero-order valence-corrected chi connectivity index (χ0v) is 27.6. The number of carbonyl (C=O) groups excluding carboxylic acids is 1. The van der Waals surface area contributed by atoms with E-state index in [0.717, 1.165) is 84.9 Å². The lowest BCUT2D eigenvalue weighted by Crippen LogP contribution is -2.54. The summed E-state index contributed by atoms with van der Waals surface area (Å²) in [5.74, 6) is 1.69. The Labute approximate surface area is 271 Å². The normalized spacial score (nSPS) is 25.0. The number of hydrogen-bond acceptors (Lipinski definition) is 8. The Balaban J connectivity index is 1.17. The molecule has 9 nitrogen and oxygen atoms in total. The number of fused-ring (bicyclic) bond motifs is 4. The van der Waals surface area contributed by atoms with Gasteiger partial charge in [0.15, 0.2) is 0 Å². The number of likely N-dealkylation sites (N-methyl/N-ethyl adjacent to an activating group) is 1. The van der Waals surface area contributed by atoms with Gasteiger partial charge in [-0.05, 0) is 95.8 Å². The topological polar surface area (TPSA) is 83.1 Å². The molecule has 1 aliphatic carbocycles. The van der Waals surface area contributed by atoms with Gasteiger partial charge in [-0.1, -0.05) is 35.9 Å². The average Bonchev–Trinajstić information content (AvgIpc) is 3.50. The molecule has 240 valence electrons. The van der Waals surface area contributed by atoms with Crippen LogP contribution >= 0.6 is 11.6 Å². The van der Waals surface area contributed by atoms with Crippen molar-refractivity contribution in [2.45, 2.75) is 77.1 Å². The van der Waals surface area contributed by atoms with E-state index in [1.165, 1.54) is 12.0 Å². The summed E-state index contributed by atoms with van der Waals surface area (Å²) < 4.78 is 12.0. The molecule has 0 radical (unpaired) electrons. The van der Waals surface area contributed by atoms with Gasteiger partial charge in [-0.3, -0.25) is 0 Å². The van der Waals surface area contributed by atoms with Crippen LogP contribution in [0.15, 0.2) is 36.4 Å². The Morgan fingerprint density at radius 2 is 1.78 bits per heavy atom. The molecule has 2 saturated heterocycles. The van der Waals surface area contributed by atoms with E-state index in [2.05, 4.69) is 51.3 Å². The second-order valence-corrected chi connectivity index (χ2v) is 14.7. The van der Waals surface area contributed by atoms with Crippen LogP contribution in [0, 0.1) is 11.8 Å². The van der Waals surface area contributed by atoms with Crippen LogP contribution in [0.5, 0.6) is 6.01 Å². The van der Waals surface area contributed by atoms with E-state index in [-0.39, 0.29) is 12.1 Å². The third kappa shape index (κ3) is 6.26. The number of rotatable bonds is 6. The molecule has 1 saturated carbocycles. The van der Waals surface area contributed by atoms with E-state index in [0.29, 0.717) is 37.0 Å². The van der Waals surface area contributed by atoms with Crippen molar-refractivity contribution >= 4 is 40.0 Å². The van der Waals surface area contributed by atoms with Gasteiger partial charge in [0.1, 0.15) is 18.0 Å². The molecule has 3 aromatic rings. The Morgan fingerprint density at radius 1 is 1.02 bits per heavy atom. The van der Waals surface area contributed by atoms with Crippen LogP contribution in [0.2, 0.25) is 5.02 Å². The smallest absolute Gasteiger partial charge is 0.407 e. The molecule has 3 fully saturated rings. The second kappa shape index (κ2) is 12.1. The fraction of sp³-hybridized carbons (Fsp3) is 0.571. The molecule has 10 heteroatoms. The van der Waals surface area contributed by atoms with Crippen LogP contribution in [0.1, 0.15) is 57.7 Å². The molecular weight excluding hydrogens is 588 g/mol. The van der Waals surface area contributed by atoms with Crippen LogP contribution in [0.4, 0.5) is 16.3 Å². The lowest BCUT2D eigenvalue weighted by Gasteiger charge is -2.41. The molecule has 2 aromatic carbocycles. The van der Waals surface area contributed by atoms with Crippen molar-refractivity contribution < 1.29 is 14.3 Å². The van der Waals surface area contributed by atoms with Gasteiger partial charge in [0.25, 0.3) is 0 Å². The van der Waals surface area contributed by atoms with Crippen molar-refractivity contribution in [2.75, 3.05) is 49.6 Å². The SMILES string of the molecule is CN1CCC[C@H]1COc1nc2c(c(N3C[C@H]4CC[C@@H](C3)C4NC(=O)OC(C)(C)C)n1)CCN(c1cccc3cccc(Cl)c13)C2. The molecule has 4 aliphatic rings. The third-order valence-electron chi connectivity index (χ3n) is 10.1. The number of amides is 1. The van der Waals surface area contributed by atoms with E-state index >= 15 is 0 Å². The van der Waals surface area contributed by atoms with Crippen LogP contribution in [-0.4, -0.2) is 78.5 Å². The number of piperidine rings is 1. The molecule has 3 aliphatic heterocycles. The highest BCUT2D eigenvalue weighted by molar-refractivity contribution is 6.36. The predicted molar refractivity (Wildman–Crippen MR) is 178 cm³/mol. The van der Waals surface area contributed by atoms with Gasteiger partial charge in [-0.25, -0.2) is 4.79 Å². The van der Waals surface area contributed by atoms with E-state index < -0.39 is 5.60 Å². The Morgan fingerprint density at radius 3 is 2.49 bits per heavy atom. The van der Waals surface area contributed by atoms with E-state index in [9.17, 15) is 4.79 Å². The molecule has 0 spiro atoms. The Hall–Kier alpha value is -3.30.